The van der Waals surface area contributed by atoms with Gasteiger partial charge in [0.15, 0.2) is 0 Å². The van der Waals surface area contributed by atoms with Gasteiger partial charge in [-0.25, -0.2) is 4.79 Å². The highest BCUT2D eigenvalue weighted by Crippen LogP contribution is 2.12. The summed E-state index contributed by atoms with van der Waals surface area (Å²) in [6, 6.07) is 4.07. The van der Waals surface area contributed by atoms with Crippen molar-refractivity contribution in [1.82, 2.24) is 14.8 Å². The van der Waals surface area contributed by atoms with Crippen molar-refractivity contribution in [3.8, 4) is 0 Å². The zero-order valence-electron chi connectivity index (χ0n) is 13.2. The second-order valence-corrected chi connectivity index (χ2v) is 6.42. The van der Waals surface area contributed by atoms with E-state index >= 15 is 0 Å². The number of rotatable bonds is 3. The number of hydrogen-bond donors (Lipinski definition) is 0. The third-order valence-corrected chi connectivity index (χ3v) is 3.46. The lowest BCUT2D eigenvalue weighted by atomic mass is 10.2. The normalized spacial score (nSPS) is 16.8. The molecule has 0 N–H and O–H groups in total. The van der Waals surface area contributed by atoms with E-state index in [1.165, 1.54) is 5.56 Å². The van der Waals surface area contributed by atoms with E-state index in [2.05, 4.69) is 16.0 Å². The van der Waals surface area contributed by atoms with Crippen LogP contribution < -0.4 is 0 Å². The van der Waals surface area contributed by atoms with Crippen molar-refractivity contribution in [3.05, 3.63) is 30.1 Å². The standard InChI is InChI=1S/C16H25N3O2/c1-16(2,3)21-15(20)19-11-9-18(10-12-19)8-6-14-5-4-7-17-13-14/h4-5,7,13H,6,8-12H2,1-3H3. The fraction of sp³-hybridized carbons (Fsp3) is 0.625. The van der Waals surface area contributed by atoms with E-state index in [4.69, 9.17) is 4.74 Å². The lowest BCUT2D eigenvalue weighted by Gasteiger charge is -2.35. The second kappa shape index (κ2) is 6.89. The van der Waals surface area contributed by atoms with E-state index in [-0.39, 0.29) is 6.09 Å². The fourth-order valence-corrected chi connectivity index (χ4v) is 2.31. The van der Waals surface area contributed by atoms with Crippen molar-refractivity contribution in [1.29, 1.82) is 0 Å². The molecule has 2 heterocycles. The third kappa shape index (κ3) is 5.34. The van der Waals surface area contributed by atoms with Crippen LogP contribution in [-0.2, 0) is 11.2 Å². The summed E-state index contributed by atoms with van der Waals surface area (Å²) in [6.07, 6.45) is 4.51. The zero-order chi connectivity index (χ0) is 15.3. The number of piperazine rings is 1. The molecule has 1 aromatic heterocycles. The first-order valence-corrected chi connectivity index (χ1v) is 7.53. The van der Waals surface area contributed by atoms with Gasteiger partial charge < -0.3 is 9.64 Å². The van der Waals surface area contributed by atoms with Gasteiger partial charge in [0.05, 0.1) is 0 Å². The highest BCUT2D eigenvalue weighted by Gasteiger charge is 2.25. The Labute approximate surface area is 126 Å². The molecule has 2 rings (SSSR count). The molecule has 0 unspecified atom stereocenters. The van der Waals surface area contributed by atoms with E-state index in [1.54, 1.807) is 11.1 Å². The Morgan fingerprint density at radius 2 is 2.00 bits per heavy atom. The van der Waals surface area contributed by atoms with Crippen molar-refractivity contribution in [3.63, 3.8) is 0 Å². The molecular formula is C16H25N3O2. The van der Waals surface area contributed by atoms with Gasteiger partial charge in [-0.1, -0.05) is 6.07 Å². The SMILES string of the molecule is CC(C)(C)OC(=O)N1CCN(CCc2cccnc2)CC1. The first kappa shape index (κ1) is 15.8. The summed E-state index contributed by atoms with van der Waals surface area (Å²) in [5, 5.41) is 0. The molecular weight excluding hydrogens is 266 g/mol. The van der Waals surface area contributed by atoms with Crippen LogP contribution in [0.5, 0.6) is 0 Å². The van der Waals surface area contributed by atoms with Crippen LogP contribution in [0.25, 0.3) is 0 Å². The number of pyridine rings is 1. The summed E-state index contributed by atoms with van der Waals surface area (Å²) < 4.78 is 5.40. The molecule has 1 aromatic rings. The van der Waals surface area contributed by atoms with Crippen molar-refractivity contribution in [2.75, 3.05) is 32.7 Å². The molecule has 1 saturated heterocycles. The fourth-order valence-electron chi connectivity index (χ4n) is 2.31. The predicted molar refractivity (Wildman–Crippen MR) is 82.2 cm³/mol. The Balaban J connectivity index is 1.72. The van der Waals surface area contributed by atoms with Crippen LogP contribution in [0.1, 0.15) is 26.3 Å². The van der Waals surface area contributed by atoms with Gasteiger partial charge in [-0.3, -0.25) is 9.88 Å². The summed E-state index contributed by atoms with van der Waals surface area (Å²) in [5.41, 5.74) is 0.834. The van der Waals surface area contributed by atoms with Gasteiger partial charge >= 0.3 is 6.09 Å². The smallest absolute Gasteiger partial charge is 0.410 e. The highest BCUT2D eigenvalue weighted by atomic mass is 16.6. The minimum atomic E-state index is -0.422. The van der Waals surface area contributed by atoms with Crippen molar-refractivity contribution in [2.45, 2.75) is 32.8 Å². The van der Waals surface area contributed by atoms with Gasteiger partial charge in [0.25, 0.3) is 0 Å². The molecule has 21 heavy (non-hydrogen) atoms. The molecule has 0 radical (unpaired) electrons. The monoisotopic (exact) mass is 291 g/mol. The summed E-state index contributed by atoms with van der Waals surface area (Å²) in [4.78, 5) is 20.3. The lowest BCUT2D eigenvalue weighted by Crippen LogP contribution is -2.50. The first-order valence-electron chi connectivity index (χ1n) is 7.53. The van der Waals surface area contributed by atoms with E-state index in [0.29, 0.717) is 0 Å². The van der Waals surface area contributed by atoms with Crippen LogP contribution in [0.15, 0.2) is 24.5 Å². The van der Waals surface area contributed by atoms with Gasteiger partial charge in [-0.15, -0.1) is 0 Å². The predicted octanol–water partition coefficient (Wildman–Crippen LogP) is 2.18. The lowest BCUT2D eigenvalue weighted by molar-refractivity contribution is 0.0146. The Morgan fingerprint density at radius 3 is 2.57 bits per heavy atom. The maximum atomic E-state index is 12.0. The molecule has 1 aliphatic rings. The van der Waals surface area contributed by atoms with Gasteiger partial charge in [-0.2, -0.15) is 0 Å². The van der Waals surface area contributed by atoms with Crippen LogP contribution in [0.2, 0.25) is 0 Å². The topological polar surface area (TPSA) is 45.7 Å². The average Bonchev–Trinajstić information content (AvgIpc) is 2.45. The minimum Gasteiger partial charge on any atom is -0.444 e. The maximum absolute atomic E-state index is 12.0. The number of hydrogen-bond acceptors (Lipinski definition) is 4. The van der Waals surface area contributed by atoms with E-state index in [0.717, 1.165) is 39.1 Å². The van der Waals surface area contributed by atoms with Crippen molar-refractivity contribution >= 4 is 6.09 Å². The number of ether oxygens (including phenoxy) is 1. The van der Waals surface area contributed by atoms with Gasteiger partial charge in [0, 0.05) is 45.1 Å². The number of carbonyl (C=O) groups is 1. The van der Waals surface area contributed by atoms with Gasteiger partial charge in [-0.05, 0) is 38.8 Å². The Kier molecular flexibility index (Phi) is 5.17. The highest BCUT2D eigenvalue weighted by molar-refractivity contribution is 5.68. The maximum Gasteiger partial charge on any atom is 0.410 e. The minimum absolute atomic E-state index is 0.200. The summed E-state index contributed by atoms with van der Waals surface area (Å²) >= 11 is 0. The number of amides is 1. The molecule has 1 fully saturated rings. The van der Waals surface area contributed by atoms with E-state index in [1.807, 2.05) is 33.0 Å². The van der Waals surface area contributed by atoms with Gasteiger partial charge in [0.1, 0.15) is 5.60 Å². The Hall–Kier alpha value is -1.62. The van der Waals surface area contributed by atoms with Crippen LogP contribution in [-0.4, -0.2) is 59.2 Å². The molecule has 0 aliphatic carbocycles. The Morgan fingerprint density at radius 1 is 1.29 bits per heavy atom. The zero-order valence-corrected chi connectivity index (χ0v) is 13.2. The average molecular weight is 291 g/mol. The van der Waals surface area contributed by atoms with Crippen LogP contribution in [0.3, 0.4) is 0 Å². The summed E-state index contributed by atoms with van der Waals surface area (Å²) in [5.74, 6) is 0. The van der Waals surface area contributed by atoms with Crippen LogP contribution in [0.4, 0.5) is 4.79 Å². The van der Waals surface area contributed by atoms with E-state index in [9.17, 15) is 4.79 Å². The molecule has 1 aliphatic heterocycles. The largest absolute Gasteiger partial charge is 0.444 e. The van der Waals surface area contributed by atoms with Crippen LogP contribution >= 0.6 is 0 Å². The molecule has 0 atom stereocenters. The summed E-state index contributed by atoms with van der Waals surface area (Å²) in [7, 11) is 0. The molecule has 0 spiro atoms. The summed E-state index contributed by atoms with van der Waals surface area (Å²) in [6.45, 7) is 9.98. The van der Waals surface area contributed by atoms with Gasteiger partial charge in [0.2, 0.25) is 0 Å². The molecule has 5 nitrogen and oxygen atoms in total. The molecule has 0 bridgehead atoms. The number of aromatic nitrogens is 1. The second-order valence-electron chi connectivity index (χ2n) is 6.42. The molecule has 0 aromatic carbocycles. The van der Waals surface area contributed by atoms with Crippen LogP contribution in [0, 0.1) is 0 Å². The Bertz CT molecular complexity index is 448. The molecule has 116 valence electrons. The molecule has 0 saturated carbocycles. The third-order valence-electron chi connectivity index (χ3n) is 3.46. The number of nitrogens with zero attached hydrogens (tertiary/aromatic N) is 3. The molecule has 1 amide bonds. The first-order chi connectivity index (χ1) is 9.94. The van der Waals surface area contributed by atoms with E-state index < -0.39 is 5.60 Å². The number of carbonyl (C=O) groups excluding carboxylic acids is 1. The van der Waals surface area contributed by atoms with Crippen molar-refractivity contribution < 1.29 is 9.53 Å². The molecule has 5 heteroatoms. The quantitative estimate of drug-likeness (QED) is 0.856. The van der Waals surface area contributed by atoms with Crippen molar-refractivity contribution in [2.24, 2.45) is 0 Å².